The predicted molar refractivity (Wildman–Crippen MR) is 130 cm³/mol. The van der Waals surface area contributed by atoms with E-state index in [1.165, 1.54) is 43.3 Å². The zero-order valence-electron chi connectivity index (χ0n) is 20.5. The van der Waals surface area contributed by atoms with Crippen molar-refractivity contribution in [1.29, 1.82) is 0 Å². The van der Waals surface area contributed by atoms with E-state index in [1.807, 2.05) is 67.6 Å². The van der Waals surface area contributed by atoms with Crippen molar-refractivity contribution in [2.75, 3.05) is 13.1 Å². The van der Waals surface area contributed by atoms with E-state index in [9.17, 15) is 9.59 Å². The van der Waals surface area contributed by atoms with E-state index in [1.54, 1.807) is 0 Å². The summed E-state index contributed by atoms with van der Waals surface area (Å²) in [4.78, 5) is 27.0. The standard InChI is InChI=1S/C29H36NO4.ClH/c1-2-11-27(31)34-29(22-12-5-3-6-13-22,23-14-7-4-8-15-23)28(32)33-26-20-24-16-17-25(21-26)30(24)18-9-10-19-30;/h3-8,12-15,24-26H,2,9-11,16-21H2,1H3;1H/q+1;/p-1. The number of hydrogen-bond acceptors (Lipinski definition) is 4. The zero-order chi connectivity index (χ0) is 23.6. The van der Waals surface area contributed by atoms with E-state index in [2.05, 4.69) is 0 Å². The highest BCUT2D eigenvalue weighted by molar-refractivity contribution is 5.89. The molecular weight excluding hydrogens is 462 g/mol. The van der Waals surface area contributed by atoms with Crippen LogP contribution in [0.4, 0.5) is 0 Å². The smallest absolute Gasteiger partial charge is 0.360 e. The first-order chi connectivity index (χ1) is 16.6. The second-order valence-corrected chi connectivity index (χ2v) is 10.3. The van der Waals surface area contributed by atoms with Crippen LogP contribution in [0.2, 0.25) is 0 Å². The molecule has 3 aliphatic heterocycles. The molecule has 1 spiro atoms. The molecule has 35 heavy (non-hydrogen) atoms. The van der Waals surface area contributed by atoms with Crippen LogP contribution in [0.5, 0.6) is 0 Å². The Morgan fingerprint density at radius 2 is 1.40 bits per heavy atom. The Balaban J connectivity index is 0.00000289. The number of esters is 2. The minimum Gasteiger partial charge on any atom is -1.00 e. The number of piperidine rings is 1. The van der Waals surface area contributed by atoms with Crippen LogP contribution >= 0.6 is 0 Å². The van der Waals surface area contributed by atoms with E-state index in [4.69, 9.17) is 9.47 Å². The van der Waals surface area contributed by atoms with Crippen molar-refractivity contribution in [3.8, 4) is 0 Å². The number of carbonyl (C=O) groups is 2. The van der Waals surface area contributed by atoms with Crippen molar-refractivity contribution in [2.45, 2.75) is 82.1 Å². The number of carbonyl (C=O) groups excluding carboxylic acids is 2. The predicted octanol–water partition coefficient (Wildman–Crippen LogP) is 2.12. The average Bonchev–Trinajstić information content (AvgIpc) is 3.40. The number of rotatable bonds is 7. The summed E-state index contributed by atoms with van der Waals surface area (Å²) in [7, 11) is 0. The lowest BCUT2D eigenvalue weighted by Crippen LogP contribution is -3.00. The molecule has 2 bridgehead atoms. The van der Waals surface area contributed by atoms with Crippen LogP contribution in [0.25, 0.3) is 0 Å². The van der Waals surface area contributed by atoms with Gasteiger partial charge in [-0.05, 0) is 6.42 Å². The van der Waals surface area contributed by atoms with Gasteiger partial charge in [0.1, 0.15) is 6.10 Å². The van der Waals surface area contributed by atoms with E-state index in [0.717, 1.165) is 12.8 Å². The third-order valence-corrected chi connectivity index (χ3v) is 8.40. The third kappa shape index (κ3) is 4.61. The number of halogens is 1. The summed E-state index contributed by atoms with van der Waals surface area (Å²) in [5.74, 6) is -0.869. The highest BCUT2D eigenvalue weighted by Gasteiger charge is 2.57. The second kappa shape index (κ2) is 10.7. The molecule has 3 aliphatic rings. The summed E-state index contributed by atoms with van der Waals surface area (Å²) in [6.07, 6.45) is 7.67. The molecule has 5 nitrogen and oxygen atoms in total. The van der Waals surface area contributed by atoms with Crippen LogP contribution < -0.4 is 12.4 Å². The molecular formula is C29H36ClNO4. The molecule has 3 fully saturated rings. The molecule has 0 radical (unpaired) electrons. The number of hydrogen-bond donors (Lipinski definition) is 0. The van der Waals surface area contributed by atoms with Crippen LogP contribution in [-0.2, 0) is 24.7 Å². The van der Waals surface area contributed by atoms with Gasteiger partial charge in [-0.2, -0.15) is 0 Å². The number of quaternary nitrogens is 1. The third-order valence-electron chi connectivity index (χ3n) is 8.40. The van der Waals surface area contributed by atoms with Crippen molar-refractivity contribution in [3.63, 3.8) is 0 Å². The van der Waals surface area contributed by atoms with Crippen LogP contribution in [0.3, 0.4) is 0 Å². The summed E-state index contributed by atoms with van der Waals surface area (Å²) in [5, 5.41) is 0. The molecule has 3 heterocycles. The van der Waals surface area contributed by atoms with Crippen molar-refractivity contribution in [3.05, 3.63) is 71.8 Å². The normalized spacial score (nSPS) is 24.5. The maximum atomic E-state index is 14.1. The molecule has 5 rings (SSSR count). The molecule has 188 valence electrons. The molecule has 0 N–H and O–H groups in total. The molecule has 2 unspecified atom stereocenters. The first-order valence-corrected chi connectivity index (χ1v) is 13.0. The highest BCUT2D eigenvalue weighted by atomic mass is 35.5. The van der Waals surface area contributed by atoms with Crippen LogP contribution in [0.1, 0.15) is 69.4 Å². The van der Waals surface area contributed by atoms with Crippen molar-refractivity contribution < 1.29 is 36.0 Å². The zero-order valence-corrected chi connectivity index (χ0v) is 21.3. The molecule has 2 aromatic carbocycles. The summed E-state index contributed by atoms with van der Waals surface area (Å²) in [5.41, 5.74) is -0.361. The Labute approximate surface area is 214 Å². The molecule has 6 heteroatoms. The Morgan fingerprint density at radius 1 is 0.886 bits per heavy atom. The fourth-order valence-corrected chi connectivity index (χ4v) is 6.87. The number of nitrogens with zero attached hydrogens (tertiary/aromatic N) is 1. The van der Waals surface area contributed by atoms with Gasteiger partial charge >= 0.3 is 11.9 Å². The summed E-state index contributed by atoms with van der Waals surface area (Å²) in [6.45, 7) is 4.49. The van der Waals surface area contributed by atoms with Gasteiger partial charge in [-0.1, -0.05) is 67.6 Å². The fourth-order valence-electron chi connectivity index (χ4n) is 6.87. The number of benzene rings is 2. The largest absolute Gasteiger partial charge is 1.00 e. The lowest BCUT2D eigenvalue weighted by Gasteiger charge is -2.47. The molecule has 2 atom stereocenters. The quantitative estimate of drug-likeness (QED) is 0.434. The fraction of sp³-hybridized carbons (Fsp3) is 0.517. The number of ether oxygens (including phenoxy) is 2. The minimum atomic E-state index is -1.61. The summed E-state index contributed by atoms with van der Waals surface area (Å²) in [6, 6.07) is 19.9. The van der Waals surface area contributed by atoms with E-state index < -0.39 is 17.5 Å². The molecule has 0 aliphatic carbocycles. The van der Waals surface area contributed by atoms with Gasteiger partial charge in [-0.3, -0.25) is 4.79 Å². The van der Waals surface area contributed by atoms with E-state index in [0.29, 0.717) is 29.6 Å². The van der Waals surface area contributed by atoms with E-state index >= 15 is 0 Å². The monoisotopic (exact) mass is 497 g/mol. The van der Waals surface area contributed by atoms with Gasteiger partial charge in [0, 0.05) is 56.1 Å². The van der Waals surface area contributed by atoms with Gasteiger partial charge in [-0.25, -0.2) is 4.79 Å². The summed E-state index contributed by atoms with van der Waals surface area (Å²) >= 11 is 0. The van der Waals surface area contributed by atoms with Gasteiger partial charge in [-0.15, -0.1) is 0 Å². The van der Waals surface area contributed by atoms with Gasteiger partial charge in [0.25, 0.3) is 5.60 Å². The van der Waals surface area contributed by atoms with Crippen LogP contribution in [-0.4, -0.2) is 47.7 Å². The topological polar surface area (TPSA) is 52.6 Å². The van der Waals surface area contributed by atoms with Gasteiger partial charge in [0.15, 0.2) is 0 Å². The summed E-state index contributed by atoms with van der Waals surface area (Å²) < 4.78 is 13.7. The van der Waals surface area contributed by atoms with Gasteiger partial charge in [0.2, 0.25) is 0 Å². The van der Waals surface area contributed by atoms with Crippen molar-refractivity contribution in [2.24, 2.45) is 0 Å². The molecule has 3 saturated heterocycles. The van der Waals surface area contributed by atoms with Crippen LogP contribution in [0, 0.1) is 0 Å². The molecule has 0 aromatic heterocycles. The Kier molecular flexibility index (Phi) is 7.87. The lowest BCUT2D eigenvalue weighted by molar-refractivity contribution is -0.956. The van der Waals surface area contributed by atoms with Crippen molar-refractivity contribution >= 4 is 11.9 Å². The van der Waals surface area contributed by atoms with Gasteiger partial charge in [0.05, 0.1) is 25.2 Å². The Hall–Kier alpha value is -2.37. The van der Waals surface area contributed by atoms with Crippen LogP contribution in [0.15, 0.2) is 60.7 Å². The van der Waals surface area contributed by atoms with E-state index in [-0.39, 0.29) is 24.9 Å². The first kappa shape index (κ1) is 25.7. The maximum absolute atomic E-state index is 14.1. The van der Waals surface area contributed by atoms with Gasteiger partial charge < -0.3 is 26.4 Å². The minimum absolute atomic E-state index is 0. The first-order valence-electron chi connectivity index (χ1n) is 13.0. The lowest BCUT2D eigenvalue weighted by atomic mass is 9.85. The molecule has 0 saturated carbocycles. The molecule has 0 amide bonds. The molecule has 2 aromatic rings. The second-order valence-electron chi connectivity index (χ2n) is 10.3. The SMILES string of the molecule is CCCC(=O)OC(C(=O)OC1CC2CCC(C1)[N+]21CCCC1)(c1ccccc1)c1ccccc1.[Cl-]. The Morgan fingerprint density at radius 3 is 1.89 bits per heavy atom. The highest BCUT2D eigenvalue weighted by Crippen LogP contribution is 2.47. The average molecular weight is 498 g/mol. The van der Waals surface area contributed by atoms with Crippen molar-refractivity contribution in [1.82, 2.24) is 0 Å². The Bertz CT molecular complexity index is 950. The maximum Gasteiger partial charge on any atom is 0.360 e.